The number of hydrogen-bond donors (Lipinski definition) is 0. The van der Waals surface area contributed by atoms with Crippen LogP contribution in [0, 0.1) is 10.2 Å². The van der Waals surface area contributed by atoms with E-state index in [1.165, 1.54) is 15.9 Å². The molecule has 0 saturated carbocycles. The maximum atomic E-state index is 8.49. The molecule has 1 fully saturated rings. The summed E-state index contributed by atoms with van der Waals surface area (Å²) < 4.78 is 51.3. The fourth-order valence-corrected chi connectivity index (χ4v) is 8.52. The Bertz CT molecular complexity index is 1150. The van der Waals surface area contributed by atoms with Crippen LogP contribution in [0.5, 0.6) is 6.08 Å². The Labute approximate surface area is 217 Å². The molecule has 0 amide bonds. The zero-order valence-corrected chi connectivity index (χ0v) is 21.7. The molecule has 3 aromatic carbocycles. The van der Waals surface area contributed by atoms with Gasteiger partial charge in [0, 0.05) is 13.1 Å². The molecule has 1 aromatic heterocycles. The van der Waals surface area contributed by atoms with E-state index < -0.39 is 17.5 Å². The third-order valence-corrected chi connectivity index (χ3v) is 9.94. The minimum absolute atomic E-state index is 0.286. The van der Waals surface area contributed by atoms with Gasteiger partial charge < -0.3 is 18.8 Å². The Balaban J connectivity index is 0.000000586. The van der Waals surface area contributed by atoms with Gasteiger partial charge in [0.25, 0.3) is 11.3 Å². The molecule has 2 heterocycles. The van der Waals surface area contributed by atoms with Crippen LogP contribution < -0.4 is 49.6 Å². The van der Waals surface area contributed by atoms with Crippen LogP contribution in [0.25, 0.3) is 0 Å². The molecule has 0 N–H and O–H groups in total. The van der Waals surface area contributed by atoms with Crippen molar-refractivity contribution in [1.82, 2.24) is 4.98 Å². The largest absolute Gasteiger partial charge is 0.453 e. The van der Waals surface area contributed by atoms with E-state index in [0.29, 0.717) is 13.2 Å². The lowest BCUT2D eigenvalue weighted by atomic mass is 10.4. The van der Waals surface area contributed by atoms with Gasteiger partial charge in [0.05, 0.1) is 20.3 Å². The number of anilines is 1. The van der Waals surface area contributed by atoms with Crippen LogP contribution in [0.3, 0.4) is 0 Å². The summed E-state index contributed by atoms with van der Waals surface area (Å²) in [6.45, 7) is 2.83. The second-order valence-electron chi connectivity index (χ2n) is 7.97. The van der Waals surface area contributed by atoms with E-state index in [4.69, 9.17) is 37.5 Å². The van der Waals surface area contributed by atoms with Gasteiger partial charge in [-0.2, -0.15) is 0 Å². The Morgan fingerprint density at radius 3 is 1.54 bits per heavy atom. The smallest absolute Gasteiger partial charge is 0.398 e. The summed E-state index contributed by atoms with van der Waals surface area (Å²) in [5, 5.41) is 3.67. The summed E-state index contributed by atoms with van der Waals surface area (Å²) in [5.74, 6) is 0.773. The molecule has 4 aromatic rings. The molecule has 0 bridgehead atoms. The normalized spacial score (nSPS) is 14.0. The first-order valence-corrected chi connectivity index (χ1v) is 14.4. The summed E-state index contributed by atoms with van der Waals surface area (Å²) in [5.41, 5.74) is 0.930. The lowest BCUT2D eigenvalue weighted by molar-refractivity contribution is -2.00. The molecule has 1 saturated heterocycles. The minimum atomic E-state index is -4.94. The van der Waals surface area contributed by atoms with Gasteiger partial charge in [0.2, 0.25) is 0 Å². The molecule has 0 radical (unpaired) electrons. The van der Waals surface area contributed by atoms with E-state index in [9.17, 15) is 0 Å². The van der Waals surface area contributed by atoms with Gasteiger partial charge in [-0.1, -0.05) is 54.6 Å². The van der Waals surface area contributed by atoms with E-state index in [2.05, 4.69) is 95.9 Å². The van der Waals surface area contributed by atoms with Gasteiger partial charge >= 0.3 is 6.08 Å². The van der Waals surface area contributed by atoms with Crippen molar-refractivity contribution in [2.24, 2.45) is 0 Å². The van der Waals surface area contributed by atoms with Crippen molar-refractivity contribution in [3.05, 3.63) is 91.0 Å². The quantitative estimate of drug-likeness (QED) is 0.262. The lowest BCUT2D eigenvalue weighted by Gasteiger charge is -2.30. The first-order valence-electron chi connectivity index (χ1n) is 11.4. The molecule has 37 heavy (non-hydrogen) atoms. The highest BCUT2D eigenvalue weighted by Gasteiger charge is 2.54. The topological polar surface area (TPSA) is 140 Å². The fourth-order valence-electron chi connectivity index (χ4n) is 4.33. The van der Waals surface area contributed by atoms with Crippen molar-refractivity contribution < 1.29 is 42.8 Å². The molecular weight excluding hydrogens is 519 g/mol. The number of ether oxygens (including phenoxy) is 2. The number of morpholine rings is 1. The standard InChI is InChI=1S/C26H26N2O3P.ClHO4/c1-29-26-27-24(25(31-26)28-17-19-30-20-18-28)32(21-11-5-2-6-12-21,22-13-7-3-8-14-22)23-15-9-4-10-16-23;2-1(3,4)5/h2-16H,17-20H2,1H3;(H,2,3,4,5)/q+1;/p-1. The maximum absolute atomic E-state index is 8.49. The Morgan fingerprint density at radius 1 is 0.757 bits per heavy atom. The number of hydrogen-bond acceptors (Lipinski definition) is 9. The average Bonchev–Trinajstić information content (AvgIpc) is 3.35. The fraction of sp³-hybridized carbons (Fsp3) is 0.192. The van der Waals surface area contributed by atoms with Gasteiger partial charge in [-0.15, -0.1) is 15.2 Å². The third-order valence-electron chi connectivity index (χ3n) is 5.79. The molecule has 11 heteroatoms. The van der Waals surface area contributed by atoms with Crippen LogP contribution in [0.1, 0.15) is 0 Å². The molecule has 1 aliphatic heterocycles. The Hall–Kier alpha value is -3.01. The van der Waals surface area contributed by atoms with Crippen LogP contribution in [-0.2, 0) is 4.74 Å². The van der Waals surface area contributed by atoms with Gasteiger partial charge in [-0.05, 0) is 36.4 Å². The molecule has 9 nitrogen and oxygen atoms in total. The molecule has 0 spiro atoms. The third kappa shape index (κ3) is 6.29. The van der Waals surface area contributed by atoms with Crippen LogP contribution in [0.2, 0.25) is 0 Å². The van der Waals surface area contributed by atoms with E-state index in [1.54, 1.807) is 7.11 Å². The number of aromatic nitrogens is 1. The number of halogens is 1. The van der Waals surface area contributed by atoms with Gasteiger partial charge in [0.1, 0.15) is 15.9 Å². The zero-order valence-electron chi connectivity index (χ0n) is 20.1. The number of rotatable bonds is 6. The van der Waals surface area contributed by atoms with Crippen molar-refractivity contribution in [2.75, 3.05) is 38.3 Å². The molecular formula is C26H26ClN2O7P. The Kier molecular flexibility index (Phi) is 8.79. The van der Waals surface area contributed by atoms with Crippen molar-refractivity contribution in [3.8, 4) is 6.08 Å². The van der Waals surface area contributed by atoms with E-state index in [0.717, 1.165) is 24.4 Å². The molecule has 1 aliphatic rings. The number of oxazole rings is 1. The SMILES string of the molecule is COc1nc([P+](c2ccccc2)(c2ccccc2)c2ccccc2)c(N2CCOCC2)o1.[O-][Cl+3]([O-])([O-])[O-]. The first-order chi connectivity index (χ1) is 17.8. The van der Waals surface area contributed by atoms with E-state index in [1.807, 2.05) is 0 Å². The van der Waals surface area contributed by atoms with E-state index >= 15 is 0 Å². The van der Waals surface area contributed by atoms with Gasteiger partial charge in [-0.25, -0.2) is 18.6 Å². The predicted molar refractivity (Wildman–Crippen MR) is 131 cm³/mol. The molecule has 194 valence electrons. The highest BCUT2D eigenvalue weighted by Crippen LogP contribution is 2.56. The van der Waals surface area contributed by atoms with Crippen molar-refractivity contribution in [2.45, 2.75) is 0 Å². The predicted octanol–water partition coefficient (Wildman–Crippen LogP) is -1.62. The molecule has 5 rings (SSSR count). The highest BCUT2D eigenvalue weighted by molar-refractivity contribution is 8.01. The lowest BCUT2D eigenvalue weighted by Crippen LogP contribution is -2.68. The summed E-state index contributed by atoms with van der Waals surface area (Å²) in [4.78, 5) is 7.22. The summed E-state index contributed by atoms with van der Waals surface area (Å²) in [7, 11) is -5.71. The van der Waals surface area contributed by atoms with Crippen LogP contribution in [0.4, 0.5) is 5.88 Å². The number of nitrogens with zero attached hydrogens (tertiary/aromatic N) is 2. The maximum Gasteiger partial charge on any atom is 0.398 e. The second-order valence-corrected chi connectivity index (χ2v) is 12.0. The monoisotopic (exact) mass is 544 g/mol. The minimum Gasteiger partial charge on any atom is -0.453 e. The van der Waals surface area contributed by atoms with Crippen molar-refractivity contribution >= 4 is 34.5 Å². The Morgan fingerprint density at radius 2 is 1.16 bits per heavy atom. The van der Waals surface area contributed by atoms with Crippen LogP contribution >= 0.6 is 7.26 Å². The molecule has 0 aliphatic carbocycles. The first kappa shape index (κ1) is 27.0. The summed E-state index contributed by atoms with van der Waals surface area (Å²) in [6, 6.07) is 32.0. The molecule has 0 unspecified atom stereocenters. The van der Waals surface area contributed by atoms with Crippen LogP contribution in [-0.4, -0.2) is 38.4 Å². The van der Waals surface area contributed by atoms with Gasteiger partial charge in [0.15, 0.2) is 7.26 Å². The summed E-state index contributed by atoms with van der Waals surface area (Å²) in [6.07, 6.45) is 0.286. The average molecular weight is 545 g/mol. The highest BCUT2D eigenvalue weighted by atomic mass is 35.7. The van der Waals surface area contributed by atoms with E-state index in [-0.39, 0.29) is 6.08 Å². The number of methoxy groups -OCH3 is 1. The second kappa shape index (κ2) is 12.0. The van der Waals surface area contributed by atoms with Crippen molar-refractivity contribution in [3.63, 3.8) is 0 Å². The van der Waals surface area contributed by atoms with Crippen molar-refractivity contribution in [1.29, 1.82) is 0 Å². The number of benzene rings is 3. The van der Waals surface area contributed by atoms with Gasteiger partial charge in [-0.3, -0.25) is 0 Å². The zero-order chi connectivity index (χ0) is 26.3. The molecule has 0 atom stereocenters. The van der Waals surface area contributed by atoms with Crippen LogP contribution in [0.15, 0.2) is 95.4 Å². The summed E-state index contributed by atoms with van der Waals surface area (Å²) >= 11 is 0.